The number of fused-ring (bicyclic) bond motifs is 1. The lowest BCUT2D eigenvalue weighted by Gasteiger charge is -2.23. The lowest BCUT2D eigenvalue weighted by molar-refractivity contribution is 0.379. The fourth-order valence-corrected chi connectivity index (χ4v) is 3.42. The maximum Gasteiger partial charge on any atom is 0.110 e. The van der Waals surface area contributed by atoms with E-state index in [-0.39, 0.29) is 0 Å². The van der Waals surface area contributed by atoms with Crippen LogP contribution in [0.5, 0.6) is 0 Å². The van der Waals surface area contributed by atoms with E-state index in [1.807, 2.05) is 11.5 Å². The fourth-order valence-electron chi connectivity index (χ4n) is 2.08. The molecule has 1 aromatic heterocycles. The highest BCUT2D eigenvalue weighted by Crippen LogP contribution is 2.30. The molecule has 19 heavy (non-hydrogen) atoms. The number of nitrogens with zero attached hydrogens (tertiary/aromatic N) is 2. The highest BCUT2D eigenvalue weighted by atomic mass is 35.5. The van der Waals surface area contributed by atoms with E-state index < -0.39 is 0 Å². The fraction of sp³-hybridized carbons (Fsp3) is 0.214. The molecule has 0 saturated carbocycles. The Bertz CT molecular complexity index is 661. The van der Waals surface area contributed by atoms with Crippen LogP contribution < -0.4 is 0 Å². The summed E-state index contributed by atoms with van der Waals surface area (Å²) in [5.74, 6) is 0. The van der Waals surface area contributed by atoms with Gasteiger partial charge in [-0.3, -0.25) is 4.99 Å². The number of hydrogen-bond acceptors (Lipinski definition) is 3. The van der Waals surface area contributed by atoms with Gasteiger partial charge in [0.15, 0.2) is 0 Å². The van der Waals surface area contributed by atoms with E-state index in [1.165, 1.54) is 10.3 Å². The van der Waals surface area contributed by atoms with Gasteiger partial charge in [0.2, 0.25) is 0 Å². The zero-order chi connectivity index (χ0) is 13.2. The SMILES string of the molecule is ClC1=CC=NCN1CCc1ccc2scc(Cl)c2c1. The lowest BCUT2D eigenvalue weighted by atomic mass is 10.1. The van der Waals surface area contributed by atoms with E-state index in [0.29, 0.717) is 6.67 Å². The molecule has 0 spiro atoms. The van der Waals surface area contributed by atoms with Gasteiger partial charge in [-0.05, 0) is 30.2 Å². The number of rotatable bonds is 3. The normalized spacial score (nSPS) is 15.1. The van der Waals surface area contributed by atoms with Gasteiger partial charge in [-0.2, -0.15) is 0 Å². The van der Waals surface area contributed by atoms with Gasteiger partial charge in [0.1, 0.15) is 11.8 Å². The highest BCUT2D eigenvalue weighted by molar-refractivity contribution is 7.17. The molecule has 2 heterocycles. The zero-order valence-electron chi connectivity index (χ0n) is 10.1. The first-order valence-electron chi connectivity index (χ1n) is 6.00. The second kappa shape index (κ2) is 5.53. The first-order valence-corrected chi connectivity index (χ1v) is 7.64. The Morgan fingerprint density at radius 2 is 2.21 bits per heavy atom. The number of hydrogen-bond donors (Lipinski definition) is 0. The van der Waals surface area contributed by atoms with Crippen molar-refractivity contribution >= 4 is 50.8 Å². The van der Waals surface area contributed by atoms with Crippen LogP contribution >= 0.6 is 34.5 Å². The van der Waals surface area contributed by atoms with E-state index in [0.717, 1.165) is 28.5 Å². The minimum Gasteiger partial charge on any atom is -0.343 e. The predicted molar refractivity (Wildman–Crippen MR) is 84.5 cm³/mol. The van der Waals surface area contributed by atoms with Crippen LogP contribution in [0.25, 0.3) is 10.1 Å². The first-order chi connectivity index (χ1) is 9.24. The van der Waals surface area contributed by atoms with Crippen LogP contribution in [0.4, 0.5) is 0 Å². The quantitative estimate of drug-likeness (QED) is 0.761. The minimum atomic E-state index is 0.636. The molecule has 1 aromatic carbocycles. The Kier molecular flexibility index (Phi) is 3.78. The largest absolute Gasteiger partial charge is 0.343 e. The molecule has 98 valence electrons. The van der Waals surface area contributed by atoms with Gasteiger partial charge in [0, 0.05) is 28.2 Å². The van der Waals surface area contributed by atoms with Gasteiger partial charge in [-0.25, -0.2) is 0 Å². The molecule has 5 heteroatoms. The van der Waals surface area contributed by atoms with Crippen LogP contribution in [0.15, 0.2) is 39.8 Å². The second-order valence-electron chi connectivity index (χ2n) is 4.39. The van der Waals surface area contributed by atoms with Gasteiger partial charge in [-0.1, -0.05) is 29.3 Å². The average Bonchev–Trinajstić information content (AvgIpc) is 2.79. The van der Waals surface area contributed by atoms with Gasteiger partial charge < -0.3 is 4.90 Å². The Balaban J connectivity index is 1.73. The molecule has 2 nitrogen and oxygen atoms in total. The molecule has 0 bridgehead atoms. The van der Waals surface area contributed by atoms with E-state index in [9.17, 15) is 0 Å². The molecule has 0 atom stereocenters. The molecule has 0 fully saturated rings. The second-order valence-corrected chi connectivity index (χ2v) is 6.10. The third-order valence-corrected chi connectivity index (χ3v) is 4.90. The van der Waals surface area contributed by atoms with Crippen molar-refractivity contribution in [1.82, 2.24) is 4.90 Å². The topological polar surface area (TPSA) is 15.6 Å². The maximum absolute atomic E-state index is 6.17. The lowest BCUT2D eigenvalue weighted by Crippen LogP contribution is -2.25. The molecule has 0 radical (unpaired) electrons. The van der Waals surface area contributed by atoms with E-state index >= 15 is 0 Å². The molecular weight excluding hydrogens is 299 g/mol. The summed E-state index contributed by atoms with van der Waals surface area (Å²) >= 11 is 14.0. The van der Waals surface area contributed by atoms with Crippen molar-refractivity contribution < 1.29 is 0 Å². The highest BCUT2D eigenvalue weighted by Gasteiger charge is 2.09. The van der Waals surface area contributed by atoms with Crippen LogP contribution in [0.2, 0.25) is 5.02 Å². The monoisotopic (exact) mass is 310 g/mol. The molecule has 2 aromatic rings. The number of halogens is 2. The summed E-state index contributed by atoms with van der Waals surface area (Å²) in [5, 5.41) is 4.71. The molecule has 0 amide bonds. The van der Waals surface area contributed by atoms with Crippen molar-refractivity contribution in [2.75, 3.05) is 13.2 Å². The van der Waals surface area contributed by atoms with Crippen LogP contribution in [0.1, 0.15) is 5.56 Å². The van der Waals surface area contributed by atoms with E-state index in [4.69, 9.17) is 23.2 Å². The smallest absolute Gasteiger partial charge is 0.110 e. The Hall–Kier alpha value is -1.03. The Labute approximate surface area is 126 Å². The Morgan fingerprint density at radius 3 is 3.05 bits per heavy atom. The number of thiophene rings is 1. The van der Waals surface area contributed by atoms with Crippen molar-refractivity contribution in [2.24, 2.45) is 4.99 Å². The predicted octanol–water partition coefficient (Wildman–Crippen LogP) is 4.52. The third-order valence-electron chi connectivity index (χ3n) is 3.13. The molecule has 1 aliphatic heterocycles. The van der Waals surface area contributed by atoms with Crippen molar-refractivity contribution in [3.8, 4) is 0 Å². The van der Waals surface area contributed by atoms with Crippen molar-refractivity contribution in [3.05, 3.63) is 45.4 Å². The first kappa shape index (κ1) is 13.0. The molecule has 0 unspecified atom stereocenters. The van der Waals surface area contributed by atoms with E-state index in [1.54, 1.807) is 17.6 Å². The van der Waals surface area contributed by atoms with Gasteiger partial charge in [0.05, 0.1) is 5.02 Å². The van der Waals surface area contributed by atoms with Gasteiger partial charge in [0.25, 0.3) is 0 Å². The summed E-state index contributed by atoms with van der Waals surface area (Å²) in [4.78, 5) is 6.25. The van der Waals surface area contributed by atoms with Gasteiger partial charge in [-0.15, -0.1) is 11.3 Å². The minimum absolute atomic E-state index is 0.636. The van der Waals surface area contributed by atoms with Crippen molar-refractivity contribution in [1.29, 1.82) is 0 Å². The average molecular weight is 311 g/mol. The summed E-state index contributed by atoms with van der Waals surface area (Å²) in [6.45, 7) is 1.50. The molecule has 3 rings (SSSR count). The van der Waals surface area contributed by atoms with Crippen LogP contribution in [-0.2, 0) is 6.42 Å². The number of benzene rings is 1. The number of aliphatic imine (C=N–C) groups is 1. The molecule has 1 aliphatic rings. The number of allylic oxidation sites excluding steroid dienone is 1. The zero-order valence-corrected chi connectivity index (χ0v) is 12.5. The summed E-state index contributed by atoms with van der Waals surface area (Å²) < 4.78 is 1.23. The molecule has 0 aliphatic carbocycles. The molecule has 0 N–H and O–H groups in total. The van der Waals surface area contributed by atoms with Gasteiger partial charge >= 0.3 is 0 Å². The molecular formula is C14H12Cl2N2S. The summed E-state index contributed by atoms with van der Waals surface area (Å²) in [6, 6.07) is 6.45. The summed E-state index contributed by atoms with van der Waals surface area (Å²) in [7, 11) is 0. The summed E-state index contributed by atoms with van der Waals surface area (Å²) in [6.07, 6.45) is 4.50. The van der Waals surface area contributed by atoms with Crippen LogP contribution in [0.3, 0.4) is 0 Å². The van der Waals surface area contributed by atoms with Crippen LogP contribution in [0, 0.1) is 0 Å². The standard InChI is InChI=1S/C14H12Cl2N2S/c15-12-8-19-13-2-1-10(7-11(12)13)4-6-18-9-17-5-3-14(18)16/h1-3,5,7-8H,4,6,9H2. The maximum atomic E-state index is 6.17. The molecule has 0 saturated heterocycles. The third kappa shape index (κ3) is 2.78. The van der Waals surface area contributed by atoms with Crippen LogP contribution in [-0.4, -0.2) is 24.3 Å². The van der Waals surface area contributed by atoms with Crippen molar-refractivity contribution in [2.45, 2.75) is 6.42 Å². The van der Waals surface area contributed by atoms with E-state index in [2.05, 4.69) is 28.1 Å². The Morgan fingerprint density at radius 1 is 1.32 bits per heavy atom. The van der Waals surface area contributed by atoms with Crippen molar-refractivity contribution in [3.63, 3.8) is 0 Å². The summed E-state index contributed by atoms with van der Waals surface area (Å²) in [5.41, 5.74) is 1.27.